The van der Waals surface area contributed by atoms with Crippen LogP contribution in [-0.4, -0.2) is 37.1 Å². The molecule has 1 heterocycles. The van der Waals surface area contributed by atoms with E-state index < -0.39 is 5.92 Å². The van der Waals surface area contributed by atoms with Gasteiger partial charge in [0.15, 0.2) is 0 Å². The maximum Gasteiger partial charge on any atom is 0.240 e. The van der Waals surface area contributed by atoms with E-state index in [2.05, 4.69) is 0 Å². The zero-order chi connectivity index (χ0) is 11.3. The molecule has 0 radical (unpaired) electrons. The SMILES string of the molecule is CCC(C#N)C(=O)N1CCCC(OC)C1. The molecule has 0 aromatic heterocycles. The van der Waals surface area contributed by atoms with Crippen molar-refractivity contribution in [1.29, 1.82) is 5.26 Å². The summed E-state index contributed by atoms with van der Waals surface area (Å²) in [7, 11) is 1.67. The topological polar surface area (TPSA) is 53.3 Å². The van der Waals surface area contributed by atoms with Crippen LogP contribution in [0.15, 0.2) is 0 Å². The molecule has 0 bridgehead atoms. The number of likely N-dealkylation sites (tertiary alicyclic amines) is 1. The van der Waals surface area contributed by atoms with Crippen LogP contribution < -0.4 is 0 Å². The summed E-state index contributed by atoms with van der Waals surface area (Å²) in [5.41, 5.74) is 0. The van der Waals surface area contributed by atoms with E-state index in [1.54, 1.807) is 12.0 Å². The number of hydrogen-bond acceptors (Lipinski definition) is 3. The van der Waals surface area contributed by atoms with E-state index in [0.717, 1.165) is 19.4 Å². The van der Waals surface area contributed by atoms with Crippen LogP contribution in [0.3, 0.4) is 0 Å². The highest BCUT2D eigenvalue weighted by Gasteiger charge is 2.27. The molecule has 0 saturated carbocycles. The van der Waals surface area contributed by atoms with Gasteiger partial charge in [0, 0.05) is 20.2 Å². The number of ether oxygens (including phenoxy) is 1. The maximum atomic E-state index is 11.9. The lowest BCUT2D eigenvalue weighted by Gasteiger charge is -2.32. The Labute approximate surface area is 90.8 Å². The lowest BCUT2D eigenvalue weighted by Crippen LogP contribution is -2.45. The molecule has 4 heteroatoms. The number of carbonyl (C=O) groups is 1. The van der Waals surface area contributed by atoms with Crippen molar-refractivity contribution >= 4 is 5.91 Å². The predicted molar refractivity (Wildman–Crippen MR) is 56.0 cm³/mol. The number of piperidine rings is 1. The number of nitriles is 1. The van der Waals surface area contributed by atoms with Crippen molar-refractivity contribution in [1.82, 2.24) is 4.90 Å². The molecule has 84 valence electrons. The zero-order valence-electron chi connectivity index (χ0n) is 9.40. The van der Waals surface area contributed by atoms with Crippen LogP contribution in [0.25, 0.3) is 0 Å². The minimum absolute atomic E-state index is 0.0400. The highest BCUT2D eigenvalue weighted by Crippen LogP contribution is 2.16. The van der Waals surface area contributed by atoms with Gasteiger partial charge in [0.25, 0.3) is 0 Å². The van der Waals surface area contributed by atoms with Crippen molar-refractivity contribution in [3.8, 4) is 6.07 Å². The minimum atomic E-state index is -0.486. The van der Waals surface area contributed by atoms with E-state index in [1.807, 2.05) is 13.0 Å². The van der Waals surface area contributed by atoms with Crippen molar-refractivity contribution in [2.75, 3.05) is 20.2 Å². The van der Waals surface area contributed by atoms with Crippen LogP contribution in [0.1, 0.15) is 26.2 Å². The van der Waals surface area contributed by atoms with E-state index in [0.29, 0.717) is 13.0 Å². The first-order valence-electron chi connectivity index (χ1n) is 5.44. The van der Waals surface area contributed by atoms with E-state index in [1.165, 1.54) is 0 Å². The van der Waals surface area contributed by atoms with Crippen LogP contribution in [-0.2, 0) is 9.53 Å². The molecule has 0 spiro atoms. The second-order valence-corrected chi connectivity index (χ2v) is 3.87. The average Bonchev–Trinajstić information content (AvgIpc) is 2.30. The lowest BCUT2D eigenvalue weighted by molar-refractivity contribution is -0.137. The van der Waals surface area contributed by atoms with Crippen LogP contribution in [0, 0.1) is 17.2 Å². The first-order valence-corrected chi connectivity index (χ1v) is 5.44. The molecule has 0 aromatic carbocycles. The first-order chi connectivity index (χ1) is 7.22. The third kappa shape index (κ3) is 2.93. The van der Waals surface area contributed by atoms with Gasteiger partial charge in [-0.1, -0.05) is 6.92 Å². The number of nitrogens with zero attached hydrogens (tertiary/aromatic N) is 2. The van der Waals surface area contributed by atoms with Gasteiger partial charge in [-0.25, -0.2) is 0 Å². The van der Waals surface area contributed by atoms with Crippen molar-refractivity contribution < 1.29 is 9.53 Å². The third-order valence-corrected chi connectivity index (χ3v) is 2.89. The highest BCUT2D eigenvalue weighted by molar-refractivity contribution is 5.81. The standard InChI is InChI=1S/C11H18N2O2/c1-3-9(7-12)11(14)13-6-4-5-10(8-13)15-2/h9-10H,3-6,8H2,1-2H3. The molecule has 15 heavy (non-hydrogen) atoms. The van der Waals surface area contributed by atoms with E-state index in [4.69, 9.17) is 10.00 Å². The van der Waals surface area contributed by atoms with Gasteiger partial charge >= 0.3 is 0 Å². The number of carbonyl (C=O) groups excluding carboxylic acids is 1. The largest absolute Gasteiger partial charge is 0.380 e. The zero-order valence-corrected chi connectivity index (χ0v) is 9.40. The summed E-state index contributed by atoms with van der Waals surface area (Å²) >= 11 is 0. The summed E-state index contributed by atoms with van der Waals surface area (Å²) in [5.74, 6) is -0.526. The fourth-order valence-electron chi connectivity index (χ4n) is 1.87. The van der Waals surface area contributed by atoms with E-state index in [9.17, 15) is 4.79 Å². The van der Waals surface area contributed by atoms with Gasteiger partial charge in [-0.2, -0.15) is 5.26 Å². The monoisotopic (exact) mass is 210 g/mol. The molecular weight excluding hydrogens is 192 g/mol. The van der Waals surface area contributed by atoms with Gasteiger partial charge in [-0.3, -0.25) is 4.79 Å². The van der Waals surface area contributed by atoms with Gasteiger partial charge in [-0.15, -0.1) is 0 Å². The predicted octanol–water partition coefficient (Wildman–Crippen LogP) is 1.17. The fourth-order valence-corrected chi connectivity index (χ4v) is 1.87. The van der Waals surface area contributed by atoms with Gasteiger partial charge in [0.1, 0.15) is 5.92 Å². The molecule has 1 rings (SSSR count). The summed E-state index contributed by atoms with van der Waals surface area (Å²) in [6.45, 7) is 3.26. The molecule has 1 saturated heterocycles. The minimum Gasteiger partial charge on any atom is -0.380 e. The Bertz CT molecular complexity index is 260. The molecule has 1 aliphatic heterocycles. The highest BCUT2D eigenvalue weighted by atomic mass is 16.5. The van der Waals surface area contributed by atoms with Crippen LogP contribution in [0.4, 0.5) is 0 Å². The Kier molecular flexibility index (Phi) is 4.57. The smallest absolute Gasteiger partial charge is 0.240 e. The molecule has 0 N–H and O–H groups in total. The second kappa shape index (κ2) is 5.72. The number of methoxy groups -OCH3 is 1. The summed E-state index contributed by atoms with van der Waals surface area (Å²) < 4.78 is 5.24. The Morgan fingerprint density at radius 1 is 1.73 bits per heavy atom. The molecule has 1 fully saturated rings. The summed E-state index contributed by atoms with van der Waals surface area (Å²) in [6.07, 6.45) is 2.69. The fraction of sp³-hybridized carbons (Fsp3) is 0.818. The van der Waals surface area contributed by atoms with Gasteiger partial charge in [0.05, 0.1) is 12.2 Å². The van der Waals surface area contributed by atoms with Crippen LogP contribution in [0.2, 0.25) is 0 Å². The Morgan fingerprint density at radius 2 is 2.47 bits per heavy atom. The molecule has 2 unspecified atom stereocenters. The quantitative estimate of drug-likeness (QED) is 0.702. The Balaban J connectivity index is 2.56. The van der Waals surface area contributed by atoms with Gasteiger partial charge < -0.3 is 9.64 Å². The van der Waals surface area contributed by atoms with Gasteiger partial charge in [-0.05, 0) is 19.3 Å². The van der Waals surface area contributed by atoms with Gasteiger partial charge in [0.2, 0.25) is 5.91 Å². The normalized spacial score (nSPS) is 23.3. The third-order valence-electron chi connectivity index (χ3n) is 2.89. The molecule has 1 aliphatic rings. The summed E-state index contributed by atoms with van der Waals surface area (Å²) in [4.78, 5) is 13.6. The Morgan fingerprint density at radius 3 is 3.00 bits per heavy atom. The average molecular weight is 210 g/mol. The molecule has 4 nitrogen and oxygen atoms in total. The first kappa shape index (κ1) is 12.0. The van der Waals surface area contributed by atoms with Crippen LogP contribution in [0.5, 0.6) is 0 Å². The Hall–Kier alpha value is -1.08. The molecule has 0 aliphatic carbocycles. The molecule has 0 aromatic rings. The van der Waals surface area contributed by atoms with Crippen LogP contribution >= 0.6 is 0 Å². The van der Waals surface area contributed by atoms with Crippen molar-refractivity contribution in [3.63, 3.8) is 0 Å². The summed E-state index contributed by atoms with van der Waals surface area (Å²) in [6, 6.07) is 2.05. The van der Waals surface area contributed by atoms with E-state index in [-0.39, 0.29) is 12.0 Å². The van der Waals surface area contributed by atoms with E-state index >= 15 is 0 Å². The molecule has 1 amide bonds. The van der Waals surface area contributed by atoms with Crippen molar-refractivity contribution in [3.05, 3.63) is 0 Å². The maximum absolute atomic E-state index is 11.9. The number of rotatable bonds is 3. The lowest BCUT2D eigenvalue weighted by atomic mass is 10.0. The second-order valence-electron chi connectivity index (χ2n) is 3.87. The van der Waals surface area contributed by atoms with Crippen molar-refractivity contribution in [2.45, 2.75) is 32.3 Å². The molecule has 2 atom stereocenters. The summed E-state index contributed by atoms with van der Waals surface area (Å²) in [5, 5.41) is 8.82. The number of hydrogen-bond donors (Lipinski definition) is 0. The molecular formula is C11H18N2O2. The van der Waals surface area contributed by atoms with Crippen molar-refractivity contribution in [2.24, 2.45) is 5.92 Å². The number of amides is 1.